The highest BCUT2D eigenvalue weighted by atomic mass is 32.2. The lowest BCUT2D eigenvalue weighted by Crippen LogP contribution is -2.23. The molecule has 1 aliphatic carbocycles. The Morgan fingerprint density at radius 3 is 1.97 bits per heavy atom. The smallest absolute Gasteiger partial charge is 0.188 e. The van der Waals surface area contributed by atoms with Gasteiger partial charge in [0.2, 0.25) is 0 Å². The van der Waals surface area contributed by atoms with Crippen LogP contribution >= 0.6 is 47.0 Å². The van der Waals surface area contributed by atoms with Crippen LogP contribution in [0.5, 0.6) is 0 Å². The fraction of sp³-hybridized carbons (Fsp3) is 0.364. The maximum absolute atomic E-state index is 4.74. The topological polar surface area (TPSA) is 51.6 Å². The molecule has 1 saturated carbocycles. The first-order chi connectivity index (χ1) is 14.7. The summed E-state index contributed by atoms with van der Waals surface area (Å²) < 4.78 is 0. The second-order valence-electron chi connectivity index (χ2n) is 6.61. The minimum atomic E-state index is 0.553. The third-order valence-electron chi connectivity index (χ3n) is 4.98. The van der Waals surface area contributed by atoms with Gasteiger partial charge in [-0.15, -0.1) is 23.5 Å². The van der Waals surface area contributed by atoms with Gasteiger partial charge in [0.1, 0.15) is 10.1 Å². The van der Waals surface area contributed by atoms with Crippen molar-refractivity contribution in [3.63, 3.8) is 0 Å². The average Bonchev–Trinajstić information content (AvgIpc) is 2.79. The quantitative estimate of drug-likeness (QED) is 0.228. The lowest BCUT2D eigenvalue weighted by Gasteiger charge is -2.36. The van der Waals surface area contributed by atoms with Gasteiger partial charge in [-0.05, 0) is 61.5 Å². The van der Waals surface area contributed by atoms with E-state index < -0.39 is 0 Å². The predicted octanol–water partition coefficient (Wildman–Crippen LogP) is 6.50. The van der Waals surface area contributed by atoms with E-state index in [4.69, 9.17) is 4.98 Å². The van der Waals surface area contributed by atoms with Crippen LogP contribution in [-0.2, 0) is 0 Å². The van der Waals surface area contributed by atoms with Gasteiger partial charge in [0.05, 0.1) is 0 Å². The molecule has 8 heteroatoms. The van der Waals surface area contributed by atoms with Gasteiger partial charge in [0.15, 0.2) is 10.3 Å². The molecule has 158 valence electrons. The summed E-state index contributed by atoms with van der Waals surface area (Å²) in [5, 5.41) is 3.84. The van der Waals surface area contributed by atoms with Crippen LogP contribution in [0, 0.1) is 0 Å². The number of rotatable bonds is 6. The van der Waals surface area contributed by atoms with Crippen molar-refractivity contribution in [2.75, 3.05) is 25.0 Å². The molecule has 1 aliphatic rings. The first-order valence-electron chi connectivity index (χ1n) is 9.61. The van der Waals surface area contributed by atoms with Crippen LogP contribution in [0.2, 0.25) is 0 Å². The number of thioether (sulfide) groups is 4. The number of hydrogen-bond donors (Lipinski definition) is 0. The van der Waals surface area contributed by atoms with Crippen LogP contribution in [0.1, 0.15) is 35.9 Å². The van der Waals surface area contributed by atoms with Gasteiger partial charge < -0.3 is 0 Å². The summed E-state index contributed by atoms with van der Waals surface area (Å²) in [6, 6.07) is 14.9. The highest BCUT2D eigenvalue weighted by Crippen LogP contribution is 2.48. The summed E-state index contributed by atoms with van der Waals surface area (Å²) in [5.74, 6) is 1.17. The van der Waals surface area contributed by atoms with Gasteiger partial charge >= 0.3 is 0 Å². The maximum Gasteiger partial charge on any atom is 0.188 e. The van der Waals surface area contributed by atoms with Crippen LogP contribution in [0.15, 0.2) is 69.0 Å². The van der Waals surface area contributed by atoms with Gasteiger partial charge in [-0.1, -0.05) is 53.9 Å². The molecule has 0 aliphatic heterocycles. The highest BCUT2D eigenvalue weighted by molar-refractivity contribution is 7.99. The van der Waals surface area contributed by atoms with E-state index in [0.29, 0.717) is 11.8 Å². The molecule has 2 aromatic heterocycles. The van der Waals surface area contributed by atoms with Crippen molar-refractivity contribution in [2.24, 2.45) is 0 Å². The Bertz CT molecular complexity index is 898. The molecule has 2 atom stereocenters. The minimum absolute atomic E-state index is 0.553. The molecule has 0 spiro atoms. The SMILES string of the molecule is CSc1cc([C@H]2CCC2c2ccccc2)nc(SC)n1.CSc1ccnc(SC)n1. The summed E-state index contributed by atoms with van der Waals surface area (Å²) in [6.45, 7) is 0. The Labute approximate surface area is 196 Å². The fourth-order valence-corrected chi connectivity index (χ4v) is 4.95. The van der Waals surface area contributed by atoms with Crippen LogP contribution in [0.3, 0.4) is 0 Å². The molecule has 0 radical (unpaired) electrons. The van der Waals surface area contributed by atoms with Gasteiger partial charge in [0.25, 0.3) is 0 Å². The van der Waals surface area contributed by atoms with Gasteiger partial charge in [-0.3, -0.25) is 0 Å². The van der Waals surface area contributed by atoms with Crippen molar-refractivity contribution in [3.05, 3.63) is 59.9 Å². The molecular formula is C22H26N4S4. The van der Waals surface area contributed by atoms with Crippen LogP contribution in [0.4, 0.5) is 0 Å². The summed E-state index contributed by atoms with van der Waals surface area (Å²) in [4.78, 5) is 17.5. The van der Waals surface area contributed by atoms with E-state index in [-0.39, 0.29) is 0 Å². The van der Waals surface area contributed by atoms with E-state index >= 15 is 0 Å². The largest absolute Gasteiger partial charge is 0.231 e. The highest BCUT2D eigenvalue weighted by Gasteiger charge is 2.34. The van der Waals surface area contributed by atoms with Crippen molar-refractivity contribution in [1.82, 2.24) is 19.9 Å². The molecule has 0 N–H and O–H groups in total. The molecule has 2 heterocycles. The summed E-state index contributed by atoms with van der Waals surface area (Å²) in [5.41, 5.74) is 2.66. The molecule has 0 amide bonds. The molecule has 1 aromatic carbocycles. The van der Waals surface area contributed by atoms with E-state index in [1.54, 1.807) is 53.2 Å². The van der Waals surface area contributed by atoms with E-state index in [1.165, 1.54) is 24.1 Å². The number of aromatic nitrogens is 4. The molecule has 0 saturated heterocycles. The Hall–Kier alpha value is -1.22. The molecule has 4 rings (SSSR count). The second-order valence-corrected chi connectivity index (χ2v) is 9.81. The molecule has 0 bridgehead atoms. The van der Waals surface area contributed by atoms with E-state index in [1.807, 2.05) is 24.8 Å². The average molecular weight is 475 g/mol. The first-order valence-corrected chi connectivity index (χ1v) is 14.5. The van der Waals surface area contributed by atoms with Crippen LogP contribution in [-0.4, -0.2) is 45.0 Å². The van der Waals surface area contributed by atoms with Crippen LogP contribution < -0.4 is 0 Å². The van der Waals surface area contributed by atoms with Gasteiger partial charge in [-0.2, -0.15) is 0 Å². The predicted molar refractivity (Wildman–Crippen MR) is 132 cm³/mol. The second kappa shape index (κ2) is 12.0. The Morgan fingerprint density at radius 2 is 1.37 bits per heavy atom. The normalized spacial score (nSPS) is 17.6. The fourth-order valence-electron chi connectivity index (χ4n) is 3.30. The number of benzene rings is 1. The van der Waals surface area contributed by atoms with Gasteiger partial charge in [0, 0.05) is 17.8 Å². The van der Waals surface area contributed by atoms with E-state index in [9.17, 15) is 0 Å². The third-order valence-corrected chi connectivity index (χ3v) is 7.36. The van der Waals surface area contributed by atoms with Crippen molar-refractivity contribution in [3.8, 4) is 0 Å². The molecular weight excluding hydrogens is 449 g/mol. The summed E-state index contributed by atoms with van der Waals surface area (Å²) in [7, 11) is 0. The monoisotopic (exact) mass is 474 g/mol. The molecule has 4 nitrogen and oxygen atoms in total. The number of nitrogens with zero attached hydrogens (tertiary/aromatic N) is 4. The summed E-state index contributed by atoms with van der Waals surface area (Å²) >= 11 is 6.52. The van der Waals surface area contributed by atoms with Crippen molar-refractivity contribution in [2.45, 2.75) is 45.0 Å². The maximum atomic E-state index is 4.74. The van der Waals surface area contributed by atoms with Crippen molar-refractivity contribution < 1.29 is 0 Å². The molecule has 1 fully saturated rings. The van der Waals surface area contributed by atoms with Gasteiger partial charge in [-0.25, -0.2) is 19.9 Å². The first kappa shape index (κ1) is 23.4. The lowest BCUT2D eigenvalue weighted by molar-refractivity contribution is 0.337. The molecule has 1 unspecified atom stereocenters. The summed E-state index contributed by atoms with van der Waals surface area (Å²) in [6.07, 6.45) is 12.4. The Morgan fingerprint density at radius 1 is 0.700 bits per heavy atom. The third kappa shape index (κ3) is 6.15. The zero-order chi connectivity index (χ0) is 21.3. The van der Waals surface area contributed by atoms with Crippen LogP contribution in [0.25, 0.3) is 0 Å². The molecule has 30 heavy (non-hydrogen) atoms. The zero-order valence-corrected chi connectivity index (χ0v) is 20.9. The van der Waals surface area contributed by atoms with Crippen molar-refractivity contribution >= 4 is 47.0 Å². The minimum Gasteiger partial charge on any atom is -0.231 e. The standard InChI is InChI=1S/C16H18N2S2.C6H8N2S2/c1-19-15-10-14(17-16(18-15)20-2)13-9-8-12(13)11-6-4-3-5-7-11;1-9-5-3-4-7-6(8-5)10-2/h3-7,10,12-13H,8-9H2,1-2H3;3-4H,1-2H3/t12?,13-;/m0./s1. The number of hydrogen-bond acceptors (Lipinski definition) is 8. The molecule has 3 aromatic rings. The Kier molecular flexibility index (Phi) is 9.36. The Balaban J connectivity index is 0.000000216. The van der Waals surface area contributed by atoms with E-state index in [0.717, 1.165) is 20.4 Å². The van der Waals surface area contributed by atoms with E-state index in [2.05, 4.69) is 57.6 Å². The lowest BCUT2D eigenvalue weighted by atomic mass is 9.68. The zero-order valence-electron chi connectivity index (χ0n) is 17.6. The van der Waals surface area contributed by atoms with Crippen molar-refractivity contribution in [1.29, 1.82) is 0 Å².